The lowest BCUT2D eigenvalue weighted by molar-refractivity contribution is -0.212. The molecule has 29 heavy (non-hydrogen) atoms. The molecule has 3 N–H and O–H groups in total. The van der Waals surface area contributed by atoms with E-state index in [1.807, 2.05) is 0 Å². The molecule has 1 heterocycles. The Morgan fingerprint density at radius 3 is 2.48 bits per heavy atom. The molecule has 0 saturated heterocycles. The van der Waals surface area contributed by atoms with Gasteiger partial charge in [0.25, 0.3) is 5.54 Å². The van der Waals surface area contributed by atoms with Crippen LogP contribution < -0.4 is 10.6 Å². The van der Waals surface area contributed by atoms with Crippen molar-refractivity contribution in [1.29, 1.82) is 0 Å². The molecule has 0 aliphatic carbocycles. The molecule has 1 atom stereocenters. The van der Waals surface area contributed by atoms with Crippen LogP contribution in [-0.2, 0) is 15.1 Å². The summed E-state index contributed by atoms with van der Waals surface area (Å²) in [4.78, 5) is 27.6. The largest absolute Gasteiger partial charge is 0.467 e. The van der Waals surface area contributed by atoms with Crippen LogP contribution in [0, 0.1) is 0 Å². The van der Waals surface area contributed by atoms with E-state index < -0.39 is 29.3 Å². The standard InChI is InChI=1S/C19H15ClF3N3O3/c1-29-16(27)18(19(21,22)23,14-10-24-15-8-3-2-7-13(14)15)26-17(28)25-12-6-4-5-11(20)9-12/h2-10,24H,1H3,(H2,25,26,28)/t18-/m1/s1. The molecule has 152 valence electrons. The zero-order valence-corrected chi connectivity index (χ0v) is 15.7. The van der Waals surface area contributed by atoms with Crippen LogP contribution >= 0.6 is 11.6 Å². The zero-order chi connectivity index (χ0) is 21.2. The molecule has 0 radical (unpaired) electrons. The maximum atomic E-state index is 14.3. The summed E-state index contributed by atoms with van der Waals surface area (Å²) in [5, 5.41) is 4.40. The molecular weight excluding hydrogens is 411 g/mol. The third kappa shape index (κ3) is 3.73. The number of methoxy groups -OCH3 is 1. The highest BCUT2D eigenvalue weighted by molar-refractivity contribution is 6.30. The van der Waals surface area contributed by atoms with Crippen LogP contribution in [0.1, 0.15) is 5.56 Å². The van der Waals surface area contributed by atoms with E-state index in [1.165, 1.54) is 36.4 Å². The van der Waals surface area contributed by atoms with Crippen molar-refractivity contribution >= 4 is 40.2 Å². The molecule has 2 amide bonds. The Morgan fingerprint density at radius 1 is 1.10 bits per heavy atom. The third-order valence-electron chi connectivity index (χ3n) is 4.29. The number of H-pyrrole nitrogens is 1. The summed E-state index contributed by atoms with van der Waals surface area (Å²) in [6, 6.07) is 10.6. The highest BCUT2D eigenvalue weighted by Crippen LogP contribution is 2.43. The molecule has 3 aromatic rings. The summed E-state index contributed by atoms with van der Waals surface area (Å²) in [5.41, 5.74) is -3.43. The lowest BCUT2D eigenvalue weighted by Gasteiger charge is -2.33. The van der Waals surface area contributed by atoms with Gasteiger partial charge in [-0.2, -0.15) is 13.2 Å². The number of hydrogen-bond acceptors (Lipinski definition) is 3. The molecule has 6 nitrogen and oxygen atoms in total. The Balaban J connectivity index is 2.10. The van der Waals surface area contributed by atoms with Crippen LogP contribution in [0.3, 0.4) is 0 Å². The second kappa shape index (κ2) is 7.67. The van der Waals surface area contributed by atoms with Crippen LogP contribution in [0.15, 0.2) is 54.7 Å². The Hall–Kier alpha value is -3.20. The first-order valence-electron chi connectivity index (χ1n) is 8.25. The molecule has 0 bridgehead atoms. The SMILES string of the molecule is COC(=O)[C@](NC(=O)Nc1cccc(Cl)c1)(c1c[nH]c2ccccc12)C(F)(F)F. The number of esters is 1. The summed E-state index contributed by atoms with van der Waals surface area (Å²) < 4.78 is 47.3. The number of benzene rings is 2. The van der Waals surface area contributed by atoms with Crippen molar-refractivity contribution in [2.45, 2.75) is 11.7 Å². The highest BCUT2D eigenvalue weighted by Gasteiger charge is 2.65. The Morgan fingerprint density at radius 2 is 1.83 bits per heavy atom. The molecule has 10 heteroatoms. The van der Waals surface area contributed by atoms with E-state index in [4.69, 9.17) is 11.6 Å². The number of amides is 2. The van der Waals surface area contributed by atoms with Gasteiger partial charge < -0.3 is 20.4 Å². The number of aromatic nitrogens is 1. The van der Waals surface area contributed by atoms with Crippen molar-refractivity contribution < 1.29 is 27.5 Å². The van der Waals surface area contributed by atoms with E-state index in [-0.39, 0.29) is 16.1 Å². The molecule has 3 rings (SSSR count). The van der Waals surface area contributed by atoms with Gasteiger partial charge >= 0.3 is 18.2 Å². The van der Waals surface area contributed by atoms with E-state index in [1.54, 1.807) is 17.4 Å². The Labute approximate surface area is 168 Å². The van der Waals surface area contributed by atoms with Crippen LogP contribution in [-0.4, -0.2) is 30.3 Å². The molecule has 0 spiro atoms. The van der Waals surface area contributed by atoms with Crippen LogP contribution in [0.4, 0.5) is 23.7 Å². The van der Waals surface area contributed by atoms with Crippen molar-refractivity contribution in [1.82, 2.24) is 10.3 Å². The number of carbonyl (C=O) groups is 2. The predicted octanol–water partition coefficient (Wildman–Crippen LogP) is 4.57. The second-order valence-corrected chi connectivity index (χ2v) is 6.51. The van der Waals surface area contributed by atoms with Crippen molar-refractivity contribution in [2.75, 3.05) is 12.4 Å². The number of rotatable bonds is 4. The average Bonchev–Trinajstić information content (AvgIpc) is 3.09. The third-order valence-corrected chi connectivity index (χ3v) is 4.53. The summed E-state index contributed by atoms with van der Waals surface area (Å²) in [6.45, 7) is 0. The topological polar surface area (TPSA) is 83.2 Å². The molecule has 0 aliphatic heterocycles. The van der Waals surface area contributed by atoms with Crippen molar-refractivity contribution in [3.05, 3.63) is 65.3 Å². The van der Waals surface area contributed by atoms with Gasteiger partial charge in [0.15, 0.2) is 0 Å². The number of anilines is 1. The minimum atomic E-state index is -5.21. The number of carbonyl (C=O) groups excluding carboxylic acids is 2. The molecule has 0 aliphatic rings. The lowest BCUT2D eigenvalue weighted by atomic mass is 9.88. The maximum Gasteiger partial charge on any atom is 0.426 e. The Kier molecular flexibility index (Phi) is 5.43. The number of nitrogens with one attached hydrogen (secondary N) is 3. The van der Waals surface area contributed by atoms with Gasteiger partial charge in [-0.15, -0.1) is 0 Å². The first-order chi connectivity index (χ1) is 13.7. The fraction of sp³-hybridized carbons (Fsp3) is 0.158. The number of hydrogen-bond donors (Lipinski definition) is 3. The van der Waals surface area contributed by atoms with Crippen molar-refractivity contribution in [2.24, 2.45) is 0 Å². The van der Waals surface area contributed by atoms with Crippen molar-refractivity contribution in [3.63, 3.8) is 0 Å². The molecule has 0 fully saturated rings. The highest BCUT2D eigenvalue weighted by atomic mass is 35.5. The number of para-hydroxylation sites is 1. The summed E-state index contributed by atoms with van der Waals surface area (Å²) in [6.07, 6.45) is -4.19. The number of alkyl halides is 3. The Bertz CT molecular complexity index is 1070. The van der Waals surface area contributed by atoms with Crippen LogP contribution in [0.5, 0.6) is 0 Å². The zero-order valence-electron chi connectivity index (χ0n) is 14.9. The fourth-order valence-corrected chi connectivity index (χ4v) is 3.19. The maximum absolute atomic E-state index is 14.3. The van der Waals surface area contributed by atoms with Crippen molar-refractivity contribution in [3.8, 4) is 0 Å². The number of urea groups is 1. The summed E-state index contributed by atoms with van der Waals surface area (Å²) in [7, 11) is 0.814. The van der Waals surface area contributed by atoms with E-state index in [9.17, 15) is 22.8 Å². The van der Waals surface area contributed by atoms with Gasteiger partial charge in [-0.1, -0.05) is 35.9 Å². The fourth-order valence-electron chi connectivity index (χ4n) is 3.00. The number of aromatic amines is 1. The predicted molar refractivity (Wildman–Crippen MR) is 102 cm³/mol. The number of ether oxygens (including phenoxy) is 1. The first-order valence-corrected chi connectivity index (χ1v) is 8.63. The van der Waals surface area contributed by atoms with E-state index >= 15 is 0 Å². The molecular formula is C19H15ClF3N3O3. The number of halogens is 4. The summed E-state index contributed by atoms with van der Waals surface area (Å²) >= 11 is 5.82. The van der Waals surface area contributed by atoms with Gasteiger partial charge in [-0.3, -0.25) is 0 Å². The van der Waals surface area contributed by atoms with Gasteiger partial charge in [-0.05, 0) is 24.3 Å². The first kappa shape index (κ1) is 20.5. The number of fused-ring (bicyclic) bond motifs is 1. The van der Waals surface area contributed by atoms with Gasteiger partial charge in [0.1, 0.15) is 0 Å². The smallest absolute Gasteiger partial charge is 0.426 e. The quantitative estimate of drug-likeness (QED) is 0.535. The average molecular weight is 426 g/mol. The summed E-state index contributed by atoms with van der Waals surface area (Å²) in [5.74, 6) is -1.68. The molecule has 0 unspecified atom stereocenters. The van der Waals surface area contributed by atoms with Gasteiger partial charge in [0.05, 0.1) is 7.11 Å². The molecule has 2 aromatic carbocycles. The minimum absolute atomic E-state index is 0.110. The molecule has 0 saturated carbocycles. The van der Waals surface area contributed by atoms with E-state index in [0.717, 1.165) is 13.3 Å². The van der Waals surface area contributed by atoms with E-state index in [0.29, 0.717) is 5.52 Å². The minimum Gasteiger partial charge on any atom is -0.467 e. The van der Waals surface area contributed by atoms with Crippen LogP contribution in [0.25, 0.3) is 10.9 Å². The van der Waals surface area contributed by atoms with Crippen LogP contribution in [0.2, 0.25) is 5.02 Å². The van der Waals surface area contributed by atoms with Gasteiger partial charge in [-0.25, -0.2) is 9.59 Å². The second-order valence-electron chi connectivity index (χ2n) is 6.08. The monoisotopic (exact) mass is 425 g/mol. The lowest BCUT2D eigenvalue weighted by Crippen LogP contribution is -2.62. The van der Waals surface area contributed by atoms with Gasteiger partial charge in [0, 0.05) is 33.4 Å². The van der Waals surface area contributed by atoms with E-state index in [2.05, 4.69) is 15.0 Å². The van der Waals surface area contributed by atoms with Gasteiger partial charge in [0.2, 0.25) is 0 Å². The normalized spacial score (nSPS) is 13.6. The molecule has 1 aromatic heterocycles.